The van der Waals surface area contributed by atoms with Gasteiger partial charge in [-0.3, -0.25) is 4.79 Å². The van der Waals surface area contributed by atoms with E-state index in [1.807, 2.05) is 0 Å². The number of rotatable bonds is 0. The lowest BCUT2D eigenvalue weighted by molar-refractivity contribution is -0.118. The Hall–Kier alpha value is -0.920. The largest absolute Gasteiger partial charge is 0.300 e. The van der Waals surface area contributed by atoms with Gasteiger partial charge in [-0.15, -0.1) is 0 Å². The van der Waals surface area contributed by atoms with E-state index in [1.165, 1.54) is 0 Å². The van der Waals surface area contributed by atoms with Gasteiger partial charge in [0.15, 0.2) is 0 Å². The van der Waals surface area contributed by atoms with Crippen molar-refractivity contribution in [2.75, 3.05) is 0 Å². The Bertz CT molecular complexity index is 299. The highest BCUT2D eigenvalue weighted by molar-refractivity contribution is 5.80. The molecule has 0 bridgehead atoms. The highest BCUT2D eigenvalue weighted by Gasteiger charge is 2.20. The molecule has 1 nitrogen and oxygen atoms in total. The molecule has 13 heavy (non-hydrogen) atoms. The van der Waals surface area contributed by atoms with Crippen LogP contribution in [0.15, 0.2) is 23.0 Å². The summed E-state index contributed by atoms with van der Waals surface area (Å²) in [6.07, 6.45) is 5.93. The summed E-state index contributed by atoms with van der Waals surface area (Å²) in [5, 5.41) is 0. The van der Waals surface area contributed by atoms with Gasteiger partial charge in [-0.25, -0.2) is 4.39 Å². The molecule has 0 radical (unpaired) electrons. The molecule has 0 heterocycles. The van der Waals surface area contributed by atoms with Gasteiger partial charge >= 0.3 is 0 Å². The molecule has 0 atom stereocenters. The lowest BCUT2D eigenvalue weighted by Gasteiger charge is -2.14. The molecule has 2 aliphatic rings. The molecule has 0 saturated heterocycles. The molecule has 0 aliphatic heterocycles. The fraction of sp³-hybridized carbons (Fsp3) is 0.545. The Morgan fingerprint density at radius 3 is 2.69 bits per heavy atom. The number of fused-ring (bicyclic) bond motifs is 1. The Kier molecular flexibility index (Phi) is 2.30. The van der Waals surface area contributed by atoms with E-state index in [0.717, 1.165) is 24.0 Å². The topological polar surface area (TPSA) is 17.1 Å². The van der Waals surface area contributed by atoms with Gasteiger partial charge in [0.05, 0.1) is 0 Å². The van der Waals surface area contributed by atoms with Gasteiger partial charge < -0.3 is 0 Å². The van der Waals surface area contributed by atoms with E-state index >= 15 is 0 Å². The van der Waals surface area contributed by atoms with Gasteiger partial charge in [0, 0.05) is 19.3 Å². The number of Topliss-reactive ketones (excluding diaryl/α,β-unsaturated/α-hetero) is 1. The molecule has 0 unspecified atom stereocenters. The monoisotopic (exact) mass is 180 g/mol. The van der Waals surface area contributed by atoms with Crippen LogP contribution >= 0.6 is 0 Å². The van der Waals surface area contributed by atoms with Crippen molar-refractivity contribution in [3.63, 3.8) is 0 Å². The highest BCUT2D eigenvalue weighted by Crippen LogP contribution is 2.34. The standard InChI is InChI=1S/C11H13FO/c12-11-3-1-2-8-4-5-9(13)6-7-10(8)11/h2H,1,3-7H2. The average molecular weight is 180 g/mol. The summed E-state index contributed by atoms with van der Waals surface area (Å²) < 4.78 is 13.4. The predicted molar refractivity (Wildman–Crippen MR) is 48.9 cm³/mol. The van der Waals surface area contributed by atoms with E-state index in [9.17, 15) is 9.18 Å². The summed E-state index contributed by atoms with van der Waals surface area (Å²) in [5.74, 6) is 0.294. The van der Waals surface area contributed by atoms with Crippen LogP contribution in [0.5, 0.6) is 0 Å². The first-order chi connectivity index (χ1) is 6.27. The highest BCUT2D eigenvalue weighted by atomic mass is 19.1. The third kappa shape index (κ3) is 1.71. The van der Waals surface area contributed by atoms with Crippen LogP contribution in [-0.2, 0) is 4.79 Å². The average Bonchev–Trinajstić information content (AvgIpc) is 2.30. The van der Waals surface area contributed by atoms with Crippen LogP contribution in [0, 0.1) is 0 Å². The van der Waals surface area contributed by atoms with Gasteiger partial charge in [0.1, 0.15) is 11.6 Å². The van der Waals surface area contributed by atoms with E-state index in [0.29, 0.717) is 25.7 Å². The van der Waals surface area contributed by atoms with Crippen molar-refractivity contribution in [1.82, 2.24) is 0 Å². The second-order valence-corrected chi connectivity index (χ2v) is 3.69. The molecule has 0 aromatic rings. The van der Waals surface area contributed by atoms with Crippen LogP contribution in [0.4, 0.5) is 4.39 Å². The molecule has 1 saturated carbocycles. The molecule has 0 aromatic carbocycles. The van der Waals surface area contributed by atoms with Crippen LogP contribution in [0.2, 0.25) is 0 Å². The fourth-order valence-electron chi connectivity index (χ4n) is 2.03. The first-order valence-corrected chi connectivity index (χ1v) is 4.86. The van der Waals surface area contributed by atoms with Crippen molar-refractivity contribution >= 4 is 5.78 Å². The van der Waals surface area contributed by atoms with Crippen molar-refractivity contribution < 1.29 is 9.18 Å². The second kappa shape index (κ2) is 3.44. The Labute approximate surface area is 77.3 Å². The van der Waals surface area contributed by atoms with E-state index in [4.69, 9.17) is 0 Å². The zero-order chi connectivity index (χ0) is 9.26. The van der Waals surface area contributed by atoms with E-state index in [-0.39, 0.29) is 11.6 Å². The maximum Gasteiger partial charge on any atom is 0.133 e. The van der Waals surface area contributed by atoms with Crippen LogP contribution in [0.1, 0.15) is 38.5 Å². The Morgan fingerprint density at radius 2 is 1.85 bits per heavy atom. The quantitative estimate of drug-likeness (QED) is 0.560. The zero-order valence-corrected chi connectivity index (χ0v) is 7.61. The minimum atomic E-state index is 0.0206. The lowest BCUT2D eigenvalue weighted by atomic mass is 9.93. The van der Waals surface area contributed by atoms with Crippen molar-refractivity contribution in [3.05, 3.63) is 23.0 Å². The Balaban J connectivity index is 2.28. The lowest BCUT2D eigenvalue weighted by Crippen LogP contribution is -1.97. The predicted octanol–water partition coefficient (Wildman–Crippen LogP) is 3.07. The number of hydrogen-bond acceptors (Lipinski definition) is 1. The summed E-state index contributed by atoms with van der Waals surface area (Å²) in [7, 11) is 0. The van der Waals surface area contributed by atoms with Gasteiger partial charge in [0.2, 0.25) is 0 Å². The minimum Gasteiger partial charge on any atom is -0.300 e. The number of halogens is 1. The fourth-order valence-corrected chi connectivity index (χ4v) is 2.03. The second-order valence-electron chi connectivity index (χ2n) is 3.69. The number of ketones is 1. The Morgan fingerprint density at radius 1 is 1.08 bits per heavy atom. The molecule has 2 heteroatoms. The number of allylic oxidation sites excluding steroid dienone is 4. The number of carbonyl (C=O) groups excluding carboxylic acids is 1. The maximum absolute atomic E-state index is 13.4. The normalized spacial score (nSPS) is 23.8. The van der Waals surface area contributed by atoms with Crippen LogP contribution in [0.3, 0.4) is 0 Å². The molecule has 0 spiro atoms. The van der Waals surface area contributed by atoms with Crippen LogP contribution in [-0.4, -0.2) is 5.78 Å². The van der Waals surface area contributed by atoms with Gasteiger partial charge in [0.25, 0.3) is 0 Å². The first-order valence-electron chi connectivity index (χ1n) is 4.86. The van der Waals surface area contributed by atoms with Crippen molar-refractivity contribution in [2.45, 2.75) is 38.5 Å². The third-order valence-electron chi connectivity index (χ3n) is 2.80. The molecule has 70 valence electrons. The van der Waals surface area contributed by atoms with Crippen LogP contribution < -0.4 is 0 Å². The minimum absolute atomic E-state index is 0.0206. The van der Waals surface area contributed by atoms with Gasteiger partial charge in [-0.1, -0.05) is 6.08 Å². The number of carbonyl (C=O) groups is 1. The molecular weight excluding hydrogens is 167 g/mol. The van der Waals surface area contributed by atoms with Crippen LogP contribution in [0.25, 0.3) is 0 Å². The summed E-state index contributed by atoms with van der Waals surface area (Å²) in [4.78, 5) is 11.2. The summed E-state index contributed by atoms with van der Waals surface area (Å²) >= 11 is 0. The molecule has 0 N–H and O–H groups in total. The van der Waals surface area contributed by atoms with Gasteiger partial charge in [-0.2, -0.15) is 0 Å². The van der Waals surface area contributed by atoms with Crippen molar-refractivity contribution in [1.29, 1.82) is 0 Å². The summed E-state index contributed by atoms with van der Waals surface area (Å²) in [5.41, 5.74) is 1.92. The molecule has 0 amide bonds. The smallest absolute Gasteiger partial charge is 0.133 e. The van der Waals surface area contributed by atoms with E-state index in [2.05, 4.69) is 6.08 Å². The van der Waals surface area contributed by atoms with Crippen molar-refractivity contribution in [3.8, 4) is 0 Å². The third-order valence-corrected chi connectivity index (χ3v) is 2.80. The SMILES string of the molecule is O=C1CCC2=CCCC(F)=C2CC1. The molecule has 0 aromatic heterocycles. The van der Waals surface area contributed by atoms with E-state index in [1.54, 1.807) is 0 Å². The first kappa shape index (κ1) is 8.67. The zero-order valence-electron chi connectivity index (χ0n) is 7.61. The molecular formula is C11H13FO. The van der Waals surface area contributed by atoms with E-state index < -0.39 is 0 Å². The summed E-state index contributed by atoms with van der Waals surface area (Å²) in [6.45, 7) is 0. The number of hydrogen-bond donors (Lipinski definition) is 0. The molecule has 1 fully saturated rings. The van der Waals surface area contributed by atoms with Crippen molar-refractivity contribution in [2.24, 2.45) is 0 Å². The maximum atomic E-state index is 13.4. The summed E-state index contributed by atoms with van der Waals surface area (Å²) in [6, 6.07) is 0. The van der Waals surface area contributed by atoms with Gasteiger partial charge in [-0.05, 0) is 30.4 Å². The molecule has 2 aliphatic carbocycles. The molecule has 2 rings (SSSR count).